The number of ketones is 1. The zero-order valence-corrected chi connectivity index (χ0v) is 6.89. The summed E-state index contributed by atoms with van der Waals surface area (Å²) >= 11 is 0. The average Bonchev–Trinajstić information content (AvgIpc) is 2.52. The van der Waals surface area contributed by atoms with Crippen molar-refractivity contribution in [1.29, 1.82) is 0 Å². The van der Waals surface area contributed by atoms with E-state index in [1.807, 2.05) is 13.8 Å². The van der Waals surface area contributed by atoms with Crippen molar-refractivity contribution in [1.82, 2.24) is 0 Å². The first kappa shape index (κ1) is 7.77. The zero-order valence-electron chi connectivity index (χ0n) is 6.89. The minimum atomic E-state index is 0.500. The molecular formula is C9H16O. The van der Waals surface area contributed by atoms with Gasteiger partial charge < -0.3 is 0 Å². The highest BCUT2D eigenvalue weighted by molar-refractivity contribution is 5.84. The van der Waals surface area contributed by atoms with E-state index in [0.29, 0.717) is 11.7 Å². The molecular weight excluding hydrogens is 124 g/mol. The molecule has 10 heavy (non-hydrogen) atoms. The molecule has 2 aliphatic rings. The fourth-order valence-corrected chi connectivity index (χ4v) is 2.00. The van der Waals surface area contributed by atoms with Crippen molar-refractivity contribution in [3.05, 3.63) is 0 Å². The summed E-state index contributed by atoms with van der Waals surface area (Å²) in [5.41, 5.74) is 0. The maximum atomic E-state index is 10.8. The smallest absolute Gasteiger partial charge is 0.136 e. The van der Waals surface area contributed by atoms with Gasteiger partial charge in [0.25, 0.3) is 0 Å². The van der Waals surface area contributed by atoms with E-state index in [9.17, 15) is 4.79 Å². The Morgan fingerprint density at radius 2 is 2.00 bits per heavy atom. The highest BCUT2D eigenvalue weighted by Gasteiger charge is 2.37. The first-order chi connectivity index (χ1) is 4.86. The Hall–Kier alpha value is -0.330. The molecule has 2 bridgehead atoms. The van der Waals surface area contributed by atoms with E-state index < -0.39 is 0 Å². The molecule has 0 aromatic heterocycles. The summed E-state index contributed by atoms with van der Waals surface area (Å²) in [4.78, 5) is 10.8. The summed E-state index contributed by atoms with van der Waals surface area (Å²) in [5.74, 6) is 1.84. The van der Waals surface area contributed by atoms with Gasteiger partial charge in [0.15, 0.2) is 0 Å². The third-order valence-corrected chi connectivity index (χ3v) is 2.49. The molecule has 0 saturated heterocycles. The Morgan fingerprint density at radius 3 is 2.20 bits per heavy atom. The van der Waals surface area contributed by atoms with Gasteiger partial charge >= 0.3 is 0 Å². The van der Waals surface area contributed by atoms with Gasteiger partial charge in [0, 0.05) is 12.3 Å². The van der Waals surface area contributed by atoms with Crippen LogP contribution in [0.1, 0.15) is 39.5 Å². The summed E-state index contributed by atoms with van der Waals surface area (Å²) in [5, 5.41) is 0. The number of fused-ring (bicyclic) bond motifs is 2. The Balaban J connectivity index is 0.000000231. The molecule has 2 fully saturated rings. The fraction of sp³-hybridized carbons (Fsp3) is 0.889. The van der Waals surface area contributed by atoms with Crippen molar-refractivity contribution in [2.24, 2.45) is 11.8 Å². The standard InChI is InChI=1S/C7H10O.C2H6/c8-7-4-5-1-2-6(7)3-5;1-2/h5-6H,1-4H2;1-2H3. The second-order valence-electron chi connectivity index (χ2n) is 3.05. The molecule has 0 aromatic rings. The van der Waals surface area contributed by atoms with Crippen LogP contribution in [0.4, 0.5) is 0 Å². The van der Waals surface area contributed by atoms with Crippen molar-refractivity contribution >= 4 is 5.78 Å². The van der Waals surface area contributed by atoms with E-state index >= 15 is 0 Å². The van der Waals surface area contributed by atoms with E-state index in [0.717, 1.165) is 12.3 Å². The van der Waals surface area contributed by atoms with E-state index in [-0.39, 0.29) is 0 Å². The van der Waals surface area contributed by atoms with Gasteiger partial charge in [0.2, 0.25) is 0 Å². The minimum Gasteiger partial charge on any atom is -0.299 e. The molecule has 0 aromatic carbocycles. The van der Waals surface area contributed by atoms with Gasteiger partial charge in [-0.25, -0.2) is 0 Å². The summed E-state index contributed by atoms with van der Waals surface area (Å²) in [6.07, 6.45) is 4.66. The molecule has 0 spiro atoms. The maximum absolute atomic E-state index is 10.8. The van der Waals surface area contributed by atoms with Crippen LogP contribution in [0.3, 0.4) is 0 Å². The molecule has 0 N–H and O–H groups in total. The molecule has 2 aliphatic carbocycles. The van der Waals surface area contributed by atoms with Crippen molar-refractivity contribution in [3.8, 4) is 0 Å². The second-order valence-corrected chi connectivity index (χ2v) is 3.05. The van der Waals surface area contributed by atoms with Crippen LogP contribution < -0.4 is 0 Å². The first-order valence-electron chi connectivity index (χ1n) is 4.39. The van der Waals surface area contributed by atoms with Crippen LogP contribution in [0.2, 0.25) is 0 Å². The molecule has 2 unspecified atom stereocenters. The summed E-state index contributed by atoms with van der Waals surface area (Å²) < 4.78 is 0. The summed E-state index contributed by atoms with van der Waals surface area (Å²) in [6, 6.07) is 0. The van der Waals surface area contributed by atoms with Crippen molar-refractivity contribution < 1.29 is 4.79 Å². The monoisotopic (exact) mass is 140 g/mol. The quantitative estimate of drug-likeness (QED) is 0.505. The van der Waals surface area contributed by atoms with Gasteiger partial charge in [0.1, 0.15) is 5.78 Å². The Bertz CT molecular complexity index is 129. The van der Waals surface area contributed by atoms with Crippen LogP contribution in [0.5, 0.6) is 0 Å². The third kappa shape index (κ3) is 1.23. The Kier molecular flexibility index (Phi) is 2.47. The highest BCUT2D eigenvalue weighted by atomic mass is 16.1. The fourth-order valence-electron chi connectivity index (χ4n) is 2.00. The molecule has 1 heteroatoms. The van der Waals surface area contributed by atoms with Crippen LogP contribution in [0.15, 0.2) is 0 Å². The first-order valence-corrected chi connectivity index (χ1v) is 4.39. The van der Waals surface area contributed by atoms with Crippen LogP contribution in [-0.2, 0) is 4.79 Å². The second kappa shape index (κ2) is 3.18. The SMILES string of the molecule is CC.O=C1CC2CCC1C2. The van der Waals surface area contributed by atoms with Crippen LogP contribution in [0.25, 0.3) is 0 Å². The normalized spacial score (nSPS) is 35.6. The van der Waals surface area contributed by atoms with E-state index in [1.54, 1.807) is 0 Å². The number of hydrogen-bond donors (Lipinski definition) is 0. The molecule has 0 radical (unpaired) electrons. The minimum absolute atomic E-state index is 0.500. The molecule has 0 amide bonds. The predicted molar refractivity (Wildman–Crippen MR) is 41.8 cm³/mol. The number of hydrogen-bond acceptors (Lipinski definition) is 1. The number of carbonyl (C=O) groups excluding carboxylic acids is 1. The van der Waals surface area contributed by atoms with Gasteiger partial charge in [0.05, 0.1) is 0 Å². The van der Waals surface area contributed by atoms with Crippen LogP contribution in [-0.4, -0.2) is 5.78 Å². The van der Waals surface area contributed by atoms with E-state index in [2.05, 4.69) is 0 Å². The van der Waals surface area contributed by atoms with Gasteiger partial charge in [-0.3, -0.25) is 4.79 Å². The third-order valence-electron chi connectivity index (χ3n) is 2.49. The van der Waals surface area contributed by atoms with Crippen LogP contribution in [0, 0.1) is 11.8 Å². The lowest BCUT2D eigenvalue weighted by Crippen LogP contribution is -2.07. The lowest BCUT2D eigenvalue weighted by molar-refractivity contribution is -0.121. The van der Waals surface area contributed by atoms with Gasteiger partial charge in [-0.2, -0.15) is 0 Å². The predicted octanol–water partition coefficient (Wildman–Crippen LogP) is 2.40. The van der Waals surface area contributed by atoms with Crippen molar-refractivity contribution in [3.63, 3.8) is 0 Å². The molecule has 0 heterocycles. The van der Waals surface area contributed by atoms with Crippen LogP contribution >= 0.6 is 0 Å². The summed E-state index contributed by atoms with van der Waals surface area (Å²) in [6.45, 7) is 4.00. The van der Waals surface area contributed by atoms with Crippen molar-refractivity contribution in [2.45, 2.75) is 39.5 Å². The molecule has 1 nitrogen and oxygen atoms in total. The molecule has 2 saturated carbocycles. The lowest BCUT2D eigenvalue weighted by Gasteiger charge is -2.04. The summed E-state index contributed by atoms with van der Waals surface area (Å²) in [7, 11) is 0. The molecule has 58 valence electrons. The van der Waals surface area contributed by atoms with E-state index in [1.165, 1.54) is 19.3 Å². The number of Topliss-reactive ketones (excluding diaryl/α,β-unsaturated/α-hetero) is 1. The average molecular weight is 140 g/mol. The van der Waals surface area contributed by atoms with E-state index in [4.69, 9.17) is 0 Å². The van der Waals surface area contributed by atoms with Crippen molar-refractivity contribution in [2.75, 3.05) is 0 Å². The molecule has 0 aliphatic heterocycles. The van der Waals surface area contributed by atoms with Gasteiger partial charge in [-0.15, -0.1) is 0 Å². The Labute approximate surface area is 62.8 Å². The topological polar surface area (TPSA) is 17.1 Å². The molecule has 2 rings (SSSR count). The zero-order chi connectivity index (χ0) is 7.56. The highest BCUT2D eigenvalue weighted by Crippen LogP contribution is 2.41. The lowest BCUT2D eigenvalue weighted by atomic mass is 10.00. The maximum Gasteiger partial charge on any atom is 0.136 e. The van der Waals surface area contributed by atoms with Gasteiger partial charge in [-0.1, -0.05) is 13.8 Å². The number of rotatable bonds is 0. The van der Waals surface area contributed by atoms with Gasteiger partial charge in [-0.05, 0) is 25.2 Å². The largest absolute Gasteiger partial charge is 0.299 e. The molecule has 2 atom stereocenters. The Morgan fingerprint density at radius 1 is 1.30 bits per heavy atom. The number of carbonyl (C=O) groups is 1.